The summed E-state index contributed by atoms with van der Waals surface area (Å²) in [5.41, 5.74) is 5.30. The van der Waals surface area contributed by atoms with Gasteiger partial charge in [-0.2, -0.15) is 0 Å². The van der Waals surface area contributed by atoms with Crippen molar-refractivity contribution in [3.8, 4) is 11.5 Å². The first-order valence-corrected chi connectivity index (χ1v) is 8.98. The van der Waals surface area contributed by atoms with Gasteiger partial charge in [-0.25, -0.2) is 0 Å². The molecule has 1 amide bonds. The van der Waals surface area contributed by atoms with Crippen LogP contribution in [-0.2, 0) is 19.5 Å². The molecule has 0 aliphatic carbocycles. The minimum Gasteiger partial charge on any atom is -0.508 e. The molecule has 2 N–H and O–H groups in total. The first-order valence-electron chi connectivity index (χ1n) is 8.98. The van der Waals surface area contributed by atoms with Gasteiger partial charge in [-0.1, -0.05) is 54.1 Å². The number of rotatable bonds is 3. The Morgan fingerprint density at radius 2 is 1.56 bits per heavy atom. The minimum absolute atomic E-state index is 0.00525. The van der Waals surface area contributed by atoms with Crippen LogP contribution in [0.3, 0.4) is 0 Å². The number of carbonyl (C=O) groups excluding carboxylic acids is 1. The van der Waals surface area contributed by atoms with Crippen molar-refractivity contribution in [1.82, 2.24) is 4.90 Å². The lowest BCUT2D eigenvalue weighted by molar-refractivity contribution is 0.0748. The Hall–Kier alpha value is -3.27. The smallest absolute Gasteiger partial charge is 0.258 e. The highest BCUT2D eigenvalue weighted by atomic mass is 16.3. The molecule has 0 saturated heterocycles. The quantitative estimate of drug-likeness (QED) is 0.738. The Bertz CT molecular complexity index is 984. The number of fused-ring (bicyclic) bond motifs is 1. The van der Waals surface area contributed by atoms with Crippen molar-refractivity contribution in [2.24, 2.45) is 0 Å². The maximum atomic E-state index is 13.0. The molecular formula is C23H21NO3. The largest absolute Gasteiger partial charge is 0.508 e. The van der Waals surface area contributed by atoms with E-state index in [2.05, 4.69) is 0 Å². The Kier molecular flexibility index (Phi) is 4.32. The van der Waals surface area contributed by atoms with Gasteiger partial charge in [0.1, 0.15) is 11.5 Å². The highest BCUT2D eigenvalue weighted by Gasteiger charge is 2.26. The van der Waals surface area contributed by atoms with Gasteiger partial charge >= 0.3 is 0 Å². The monoisotopic (exact) mass is 359 g/mol. The number of hydrogen-bond acceptors (Lipinski definition) is 3. The maximum absolute atomic E-state index is 13.0. The van der Waals surface area contributed by atoms with E-state index >= 15 is 0 Å². The van der Waals surface area contributed by atoms with Crippen molar-refractivity contribution in [2.75, 3.05) is 0 Å². The highest BCUT2D eigenvalue weighted by molar-refractivity contribution is 5.97. The van der Waals surface area contributed by atoms with Crippen LogP contribution in [0.2, 0.25) is 0 Å². The average Bonchev–Trinajstić information content (AvgIpc) is 3.09. The van der Waals surface area contributed by atoms with Crippen LogP contribution in [0.15, 0.2) is 60.7 Å². The van der Waals surface area contributed by atoms with E-state index in [1.807, 2.05) is 55.5 Å². The molecule has 0 bridgehead atoms. The van der Waals surface area contributed by atoms with Gasteiger partial charge in [0.25, 0.3) is 5.91 Å². The lowest BCUT2D eigenvalue weighted by atomic mass is 10.00. The summed E-state index contributed by atoms with van der Waals surface area (Å²) in [4.78, 5) is 14.7. The zero-order valence-electron chi connectivity index (χ0n) is 15.1. The van der Waals surface area contributed by atoms with Crippen LogP contribution in [-0.4, -0.2) is 21.0 Å². The lowest BCUT2D eigenvalue weighted by Gasteiger charge is -2.17. The van der Waals surface area contributed by atoms with Gasteiger partial charge in [0.05, 0.1) is 5.56 Å². The molecule has 0 fully saturated rings. The van der Waals surface area contributed by atoms with Gasteiger partial charge < -0.3 is 15.1 Å². The molecule has 4 nitrogen and oxygen atoms in total. The van der Waals surface area contributed by atoms with E-state index in [0.29, 0.717) is 25.1 Å². The number of carbonyl (C=O) groups is 1. The first-order chi connectivity index (χ1) is 13.0. The summed E-state index contributed by atoms with van der Waals surface area (Å²) >= 11 is 0. The second-order valence-corrected chi connectivity index (χ2v) is 7.09. The van der Waals surface area contributed by atoms with Crippen LogP contribution in [0.25, 0.3) is 0 Å². The third-order valence-electron chi connectivity index (χ3n) is 5.07. The molecule has 3 aromatic carbocycles. The van der Waals surface area contributed by atoms with Crippen LogP contribution >= 0.6 is 0 Å². The fourth-order valence-corrected chi connectivity index (χ4v) is 3.51. The molecule has 1 heterocycles. The topological polar surface area (TPSA) is 60.8 Å². The van der Waals surface area contributed by atoms with Gasteiger partial charge in [0.15, 0.2) is 0 Å². The third-order valence-corrected chi connectivity index (χ3v) is 5.07. The summed E-state index contributed by atoms with van der Waals surface area (Å²) in [6, 6.07) is 18.9. The summed E-state index contributed by atoms with van der Waals surface area (Å²) < 4.78 is 0. The summed E-state index contributed by atoms with van der Waals surface area (Å²) in [5, 5.41) is 20.5. The van der Waals surface area contributed by atoms with Gasteiger partial charge in [0, 0.05) is 25.6 Å². The van der Waals surface area contributed by atoms with E-state index < -0.39 is 0 Å². The number of nitrogens with zero attached hydrogens (tertiary/aromatic N) is 1. The molecule has 4 rings (SSSR count). The fourth-order valence-electron chi connectivity index (χ4n) is 3.51. The van der Waals surface area contributed by atoms with Crippen molar-refractivity contribution in [3.63, 3.8) is 0 Å². The molecule has 0 spiro atoms. The number of hydrogen-bond donors (Lipinski definition) is 2. The summed E-state index contributed by atoms with van der Waals surface area (Å²) in [6.45, 7) is 3.08. The van der Waals surface area contributed by atoms with E-state index in [-0.39, 0.29) is 23.0 Å². The third kappa shape index (κ3) is 3.38. The number of amides is 1. The standard InChI is InChI=1S/C23H21NO3/c1-15-6-8-16(9-7-15)10-19-11-20(22(26)12-21(19)25)23(27)24-13-17-4-2-3-5-18(17)14-24/h2-9,11-12,25-26H,10,13-14H2,1H3. The first kappa shape index (κ1) is 17.2. The Balaban J connectivity index is 1.61. The number of benzene rings is 3. The number of aromatic hydroxyl groups is 2. The molecule has 0 unspecified atom stereocenters. The van der Waals surface area contributed by atoms with Crippen LogP contribution < -0.4 is 0 Å². The number of phenolic OH excluding ortho intramolecular Hbond substituents is 2. The SMILES string of the molecule is Cc1ccc(Cc2cc(C(=O)N3Cc4ccccc4C3)c(O)cc2O)cc1. The van der Waals surface area contributed by atoms with E-state index in [0.717, 1.165) is 22.3 Å². The molecule has 136 valence electrons. The van der Waals surface area contributed by atoms with Gasteiger partial charge in [-0.15, -0.1) is 0 Å². The van der Waals surface area contributed by atoms with Crippen LogP contribution in [0.4, 0.5) is 0 Å². The molecule has 4 heteroatoms. The second-order valence-electron chi connectivity index (χ2n) is 7.09. The van der Waals surface area contributed by atoms with Gasteiger partial charge in [0.2, 0.25) is 0 Å². The predicted octanol–water partition coefficient (Wildman–Crippen LogP) is 4.15. The van der Waals surface area contributed by atoms with Gasteiger partial charge in [-0.05, 0) is 35.2 Å². The van der Waals surface area contributed by atoms with E-state index in [9.17, 15) is 15.0 Å². The van der Waals surface area contributed by atoms with Crippen LogP contribution in [0.5, 0.6) is 11.5 Å². The molecule has 0 saturated carbocycles. The van der Waals surface area contributed by atoms with Crippen molar-refractivity contribution in [3.05, 3.63) is 94.0 Å². The van der Waals surface area contributed by atoms with Crippen molar-refractivity contribution in [1.29, 1.82) is 0 Å². The molecule has 1 aliphatic heterocycles. The Morgan fingerprint density at radius 1 is 0.926 bits per heavy atom. The molecule has 0 radical (unpaired) electrons. The van der Waals surface area contributed by atoms with Crippen LogP contribution in [0, 0.1) is 6.92 Å². The van der Waals surface area contributed by atoms with Crippen molar-refractivity contribution >= 4 is 5.91 Å². The van der Waals surface area contributed by atoms with E-state index in [1.54, 1.807) is 11.0 Å². The zero-order valence-corrected chi connectivity index (χ0v) is 15.1. The minimum atomic E-state index is -0.228. The normalized spacial score (nSPS) is 12.9. The molecule has 27 heavy (non-hydrogen) atoms. The average molecular weight is 359 g/mol. The predicted molar refractivity (Wildman–Crippen MR) is 104 cm³/mol. The van der Waals surface area contributed by atoms with E-state index in [1.165, 1.54) is 6.07 Å². The number of phenols is 2. The zero-order chi connectivity index (χ0) is 19.0. The maximum Gasteiger partial charge on any atom is 0.258 e. The molecular weight excluding hydrogens is 338 g/mol. The van der Waals surface area contributed by atoms with Gasteiger partial charge in [-0.3, -0.25) is 4.79 Å². The molecule has 1 aliphatic rings. The fraction of sp³-hybridized carbons (Fsp3) is 0.174. The number of aryl methyl sites for hydroxylation is 1. The Morgan fingerprint density at radius 3 is 2.19 bits per heavy atom. The molecule has 0 aromatic heterocycles. The van der Waals surface area contributed by atoms with Crippen molar-refractivity contribution in [2.45, 2.75) is 26.4 Å². The molecule has 0 atom stereocenters. The summed E-state index contributed by atoms with van der Waals surface area (Å²) in [7, 11) is 0. The van der Waals surface area contributed by atoms with Crippen molar-refractivity contribution < 1.29 is 15.0 Å². The lowest BCUT2D eigenvalue weighted by Crippen LogP contribution is -2.25. The van der Waals surface area contributed by atoms with E-state index in [4.69, 9.17) is 0 Å². The molecule has 3 aromatic rings. The van der Waals surface area contributed by atoms with Crippen LogP contribution in [0.1, 0.15) is 38.2 Å². The second kappa shape index (κ2) is 6.80. The Labute approximate surface area is 158 Å². The summed E-state index contributed by atoms with van der Waals surface area (Å²) in [6.07, 6.45) is 0.493. The summed E-state index contributed by atoms with van der Waals surface area (Å²) in [5.74, 6) is -0.427. The highest BCUT2D eigenvalue weighted by Crippen LogP contribution is 2.32.